The number of hydrogen-bond acceptors (Lipinski definition) is 4. The molecule has 0 radical (unpaired) electrons. The van der Waals surface area contributed by atoms with Crippen LogP contribution in [0.1, 0.15) is 64.4 Å². The van der Waals surface area contributed by atoms with Gasteiger partial charge in [0, 0.05) is 50.4 Å². The maximum absolute atomic E-state index is 12.8. The molecule has 2 unspecified atom stereocenters. The fourth-order valence-electron chi connectivity index (χ4n) is 4.21. The molecule has 1 aromatic rings. The molecular formula is C25H44IN5O2. The Balaban J connectivity index is 0.00000544. The lowest BCUT2D eigenvalue weighted by Gasteiger charge is -2.35. The van der Waals surface area contributed by atoms with E-state index in [1.165, 1.54) is 0 Å². The Bertz CT molecular complexity index is 721. The molecule has 0 bridgehead atoms. The second-order valence-corrected chi connectivity index (χ2v) is 9.21. The van der Waals surface area contributed by atoms with Gasteiger partial charge in [-0.05, 0) is 66.2 Å². The van der Waals surface area contributed by atoms with E-state index in [9.17, 15) is 4.79 Å². The zero-order chi connectivity index (χ0) is 23.7. The van der Waals surface area contributed by atoms with Crippen LogP contribution in [0.15, 0.2) is 29.3 Å². The van der Waals surface area contributed by atoms with E-state index in [0.717, 1.165) is 31.2 Å². The number of ether oxygens (including phenoxy) is 1. The van der Waals surface area contributed by atoms with E-state index in [2.05, 4.69) is 50.2 Å². The Kier molecular flexibility index (Phi) is 13.3. The van der Waals surface area contributed by atoms with Crippen molar-refractivity contribution in [1.29, 1.82) is 0 Å². The number of aliphatic imine (C=N–C) groups is 1. The van der Waals surface area contributed by atoms with Gasteiger partial charge in [-0.2, -0.15) is 0 Å². The fraction of sp³-hybridized carbons (Fsp3) is 0.680. The Labute approximate surface area is 217 Å². The first-order valence-corrected chi connectivity index (χ1v) is 12.0. The molecule has 1 saturated heterocycles. The average molecular weight is 574 g/mol. The minimum absolute atomic E-state index is 0. The number of morpholine rings is 1. The molecular weight excluding hydrogens is 529 g/mol. The van der Waals surface area contributed by atoms with E-state index in [1.807, 2.05) is 43.0 Å². The number of hydrogen-bond donors (Lipinski definition) is 2. The van der Waals surface area contributed by atoms with Crippen molar-refractivity contribution < 1.29 is 9.53 Å². The Morgan fingerprint density at radius 1 is 1.09 bits per heavy atom. The van der Waals surface area contributed by atoms with Crippen LogP contribution in [-0.4, -0.2) is 78.7 Å². The summed E-state index contributed by atoms with van der Waals surface area (Å²) in [4.78, 5) is 21.9. The number of rotatable bonds is 9. The molecule has 1 heterocycles. The van der Waals surface area contributed by atoms with Gasteiger partial charge in [0.2, 0.25) is 0 Å². The molecule has 1 fully saturated rings. The number of amides is 1. The van der Waals surface area contributed by atoms with Crippen LogP contribution in [0.3, 0.4) is 0 Å². The summed E-state index contributed by atoms with van der Waals surface area (Å²) in [5, 5.41) is 6.75. The normalized spacial score (nSPS) is 19.1. The van der Waals surface area contributed by atoms with Gasteiger partial charge in [0.05, 0.1) is 18.8 Å². The van der Waals surface area contributed by atoms with E-state index in [4.69, 9.17) is 9.73 Å². The van der Waals surface area contributed by atoms with E-state index in [-0.39, 0.29) is 42.1 Å². The van der Waals surface area contributed by atoms with E-state index >= 15 is 0 Å². The van der Waals surface area contributed by atoms with Crippen LogP contribution in [0.4, 0.5) is 0 Å². The van der Waals surface area contributed by atoms with Gasteiger partial charge in [-0.3, -0.25) is 9.69 Å². The maximum Gasteiger partial charge on any atom is 0.254 e. The van der Waals surface area contributed by atoms with Crippen molar-refractivity contribution in [2.45, 2.75) is 79.3 Å². The van der Waals surface area contributed by atoms with Gasteiger partial charge in [-0.1, -0.05) is 12.1 Å². The molecule has 1 aliphatic heterocycles. The quantitative estimate of drug-likeness (QED) is 0.268. The van der Waals surface area contributed by atoms with Crippen molar-refractivity contribution in [2.24, 2.45) is 4.99 Å². The van der Waals surface area contributed by atoms with Gasteiger partial charge in [0.15, 0.2) is 5.96 Å². The molecule has 0 aliphatic carbocycles. The number of carbonyl (C=O) groups is 1. The lowest BCUT2D eigenvalue weighted by molar-refractivity contribution is -0.0586. The Morgan fingerprint density at radius 2 is 1.67 bits per heavy atom. The van der Waals surface area contributed by atoms with Crippen LogP contribution in [0.2, 0.25) is 0 Å². The molecule has 1 aromatic carbocycles. The number of nitrogens with zero attached hydrogens (tertiary/aromatic N) is 3. The smallest absolute Gasteiger partial charge is 0.254 e. The lowest BCUT2D eigenvalue weighted by Crippen LogP contribution is -2.48. The highest BCUT2D eigenvalue weighted by Crippen LogP contribution is 2.15. The van der Waals surface area contributed by atoms with E-state index < -0.39 is 0 Å². The molecule has 2 rings (SSSR count). The Morgan fingerprint density at radius 3 is 2.18 bits per heavy atom. The number of halogens is 1. The third kappa shape index (κ3) is 9.78. The average Bonchev–Trinajstić information content (AvgIpc) is 2.73. The first-order chi connectivity index (χ1) is 15.2. The Hall–Kier alpha value is -1.39. The van der Waals surface area contributed by atoms with Gasteiger partial charge in [0.1, 0.15) is 0 Å². The van der Waals surface area contributed by atoms with Gasteiger partial charge < -0.3 is 20.3 Å². The zero-order valence-electron chi connectivity index (χ0n) is 21.4. The van der Waals surface area contributed by atoms with Crippen molar-refractivity contribution in [3.8, 4) is 0 Å². The third-order valence-electron chi connectivity index (χ3n) is 5.66. The second-order valence-electron chi connectivity index (χ2n) is 9.21. The van der Waals surface area contributed by atoms with Crippen LogP contribution in [0.5, 0.6) is 0 Å². The molecule has 7 nitrogen and oxygen atoms in total. The minimum Gasteiger partial charge on any atom is -0.372 e. The highest BCUT2D eigenvalue weighted by atomic mass is 127. The van der Waals surface area contributed by atoms with E-state index in [1.54, 1.807) is 0 Å². The second kappa shape index (κ2) is 14.8. The van der Waals surface area contributed by atoms with Crippen molar-refractivity contribution in [2.75, 3.05) is 32.7 Å². The van der Waals surface area contributed by atoms with Gasteiger partial charge in [-0.25, -0.2) is 4.99 Å². The van der Waals surface area contributed by atoms with Gasteiger partial charge >= 0.3 is 0 Å². The monoisotopic (exact) mass is 573 g/mol. The molecule has 0 spiro atoms. The van der Waals surface area contributed by atoms with Crippen LogP contribution in [0.25, 0.3) is 0 Å². The summed E-state index contributed by atoms with van der Waals surface area (Å²) < 4.78 is 5.74. The number of benzene rings is 1. The third-order valence-corrected chi connectivity index (χ3v) is 5.66. The molecule has 2 atom stereocenters. The molecule has 0 aromatic heterocycles. The fourth-order valence-corrected chi connectivity index (χ4v) is 4.21. The molecule has 33 heavy (non-hydrogen) atoms. The standard InChI is InChI=1S/C25H43N5O2.HI/c1-8-26-25(27-13-14-30(18(2)3)19(4)5)28-15-22-9-11-23(12-10-22)24(31)29-16-20(6)32-21(7)17-29;/h9-12,18-21H,8,13-17H2,1-7H3,(H2,26,27,28);1H. The molecule has 188 valence electrons. The molecule has 2 N–H and O–H groups in total. The molecule has 1 amide bonds. The molecule has 0 saturated carbocycles. The number of guanidine groups is 1. The summed E-state index contributed by atoms with van der Waals surface area (Å²) in [6, 6.07) is 8.82. The first kappa shape index (κ1) is 29.6. The van der Waals surface area contributed by atoms with Crippen molar-refractivity contribution in [3.05, 3.63) is 35.4 Å². The molecule has 1 aliphatic rings. The molecule has 8 heteroatoms. The lowest BCUT2D eigenvalue weighted by atomic mass is 10.1. The number of carbonyl (C=O) groups excluding carboxylic acids is 1. The number of nitrogens with one attached hydrogen (secondary N) is 2. The summed E-state index contributed by atoms with van der Waals surface area (Å²) in [5.74, 6) is 0.883. The predicted octanol–water partition coefficient (Wildman–Crippen LogP) is 3.73. The summed E-state index contributed by atoms with van der Waals surface area (Å²) in [5.41, 5.74) is 1.79. The van der Waals surface area contributed by atoms with Crippen LogP contribution < -0.4 is 10.6 Å². The van der Waals surface area contributed by atoms with E-state index in [0.29, 0.717) is 37.3 Å². The van der Waals surface area contributed by atoms with Crippen LogP contribution in [-0.2, 0) is 11.3 Å². The highest BCUT2D eigenvalue weighted by Gasteiger charge is 2.26. The van der Waals surface area contributed by atoms with Crippen LogP contribution >= 0.6 is 24.0 Å². The van der Waals surface area contributed by atoms with Gasteiger partial charge in [-0.15, -0.1) is 24.0 Å². The minimum atomic E-state index is 0. The summed E-state index contributed by atoms with van der Waals surface area (Å²) in [7, 11) is 0. The first-order valence-electron chi connectivity index (χ1n) is 12.0. The summed E-state index contributed by atoms with van der Waals surface area (Å²) in [6.45, 7) is 19.5. The predicted molar refractivity (Wildman–Crippen MR) is 148 cm³/mol. The summed E-state index contributed by atoms with van der Waals surface area (Å²) >= 11 is 0. The SMILES string of the molecule is CCNC(=NCc1ccc(C(=O)N2CC(C)OC(C)C2)cc1)NCCN(C(C)C)C(C)C.I. The topological polar surface area (TPSA) is 69.2 Å². The highest BCUT2D eigenvalue weighted by molar-refractivity contribution is 14.0. The van der Waals surface area contributed by atoms with Crippen LogP contribution in [0, 0.1) is 0 Å². The van der Waals surface area contributed by atoms with Crippen molar-refractivity contribution in [1.82, 2.24) is 20.4 Å². The van der Waals surface area contributed by atoms with Gasteiger partial charge in [0.25, 0.3) is 5.91 Å². The maximum atomic E-state index is 12.8. The van der Waals surface area contributed by atoms with Crippen molar-refractivity contribution in [3.63, 3.8) is 0 Å². The summed E-state index contributed by atoms with van der Waals surface area (Å²) in [6.07, 6.45) is 0.142. The zero-order valence-corrected chi connectivity index (χ0v) is 23.8. The largest absolute Gasteiger partial charge is 0.372 e. The van der Waals surface area contributed by atoms with Crippen molar-refractivity contribution >= 4 is 35.8 Å².